The van der Waals surface area contributed by atoms with Gasteiger partial charge in [-0.05, 0) is 65.6 Å². The Morgan fingerprint density at radius 2 is 1.72 bits per heavy atom. The summed E-state index contributed by atoms with van der Waals surface area (Å²) in [7, 11) is 5.04. The van der Waals surface area contributed by atoms with Crippen molar-refractivity contribution >= 4 is 11.0 Å². The number of aromatic nitrogens is 1. The minimum absolute atomic E-state index is 0.747. The van der Waals surface area contributed by atoms with Crippen LogP contribution in [0.15, 0.2) is 59.3 Å². The minimum atomic E-state index is 0.747. The Morgan fingerprint density at radius 3 is 2.44 bits per heavy atom. The lowest BCUT2D eigenvalue weighted by Gasteiger charge is -2.29. The monoisotopic (exact) mass is 430 g/mol. The third-order valence-corrected chi connectivity index (χ3v) is 6.01. The molecule has 0 amide bonds. The lowest BCUT2D eigenvalue weighted by Crippen LogP contribution is -2.30. The maximum Gasteiger partial charge on any atom is 0.176 e. The van der Waals surface area contributed by atoms with Crippen LogP contribution in [0.25, 0.3) is 22.3 Å². The number of pyridine rings is 1. The molecular weight excluding hydrogens is 404 g/mol. The first-order valence-corrected chi connectivity index (χ1v) is 10.7. The van der Waals surface area contributed by atoms with Crippen molar-refractivity contribution in [2.75, 3.05) is 27.9 Å². The number of rotatable bonds is 6. The van der Waals surface area contributed by atoms with Gasteiger partial charge in [-0.25, -0.2) is 0 Å². The number of hydrogen-bond acceptors (Lipinski definition) is 6. The minimum Gasteiger partial charge on any atom is -0.493 e. The SMILES string of the molecule is COc1cc2c(cc1OC)CN(Cc1cc(OC)c3oc(-c4cccnc4)cc3c1)CC2. The van der Waals surface area contributed by atoms with Crippen molar-refractivity contribution in [1.29, 1.82) is 0 Å². The fourth-order valence-corrected chi connectivity index (χ4v) is 4.41. The Balaban J connectivity index is 1.42. The van der Waals surface area contributed by atoms with Crippen molar-refractivity contribution in [1.82, 2.24) is 9.88 Å². The van der Waals surface area contributed by atoms with Gasteiger partial charge in [-0.15, -0.1) is 0 Å². The smallest absolute Gasteiger partial charge is 0.176 e. The van der Waals surface area contributed by atoms with E-state index in [1.54, 1.807) is 33.7 Å². The van der Waals surface area contributed by atoms with Crippen LogP contribution in [0, 0.1) is 0 Å². The first-order valence-electron chi connectivity index (χ1n) is 10.7. The molecule has 2 aromatic carbocycles. The van der Waals surface area contributed by atoms with Crippen LogP contribution in [-0.2, 0) is 19.5 Å². The predicted octanol–water partition coefficient (Wildman–Crippen LogP) is 5.08. The van der Waals surface area contributed by atoms with E-state index in [1.165, 1.54) is 16.7 Å². The molecule has 32 heavy (non-hydrogen) atoms. The molecule has 1 aliphatic heterocycles. The van der Waals surface area contributed by atoms with Crippen LogP contribution in [-0.4, -0.2) is 37.8 Å². The van der Waals surface area contributed by atoms with Crippen molar-refractivity contribution in [2.24, 2.45) is 0 Å². The Morgan fingerprint density at radius 1 is 0.938 bits per heavy atom. The summed E-state index contributed by atoms with van der Waals surface area (Å²) in [5.74, 6) is 3.10. The molecule has 0 fully saturated rings. The van der Waals surface area contributed by atoms with Crippen LogP contribution in [0.1, 0.15) is 16.7 Å². The molecule has 6 heteroatoms. The molecule has 2 aromatic heterocycles. The second kappa shape index (κ2) is 8.55. The molecule has 0 saturated heterocycles. The van der Waals surface area contributed by atoms with E-state index in [4.69, 9.17) is 18.6 Å². The van der Waals surface area contributed by atoms with Gasteiger partial charge in [-0.3, -0.25) is 9.88 Å². The lowest BCUT2D eigenvalue weighted by atomic mass is 9.98. The van der Waals surface area contributed by atoms with Crippen LogP contribution >= 0.6 is 0 Å². The van der Waals surface area contributed by atoms with Gasteiger partial charge in [0.1, 0.15) is 5.76 Å². The van der Waals surface area contributed by atoms with Gasteiger partial charge in [-0.1, -0.05) is 0 Å². The van der Waals surface area contributed by atoms with Crippen LogP contribution in [0.3, 0.4) is 0 Å². The molecule has 6 nitrogen and oxygen atoms in total. The molecule has 3 heterocycles. The van der Waals surface area contributed by atoms with Crippen LogP contribution in [0.2, 0.25) is 0 Å². The van der Waals surface area contributed by atoms with Crippen molar-refractivity contribution < 1.29 is 18.6 Å². The summed E-state index contributed by atoms with van der Waals surface area (Å²) < 4.78 is 22.7. The molecular formula is C26H26N2O4. The maximum atomic E-state index is 6.11. The van der Waals surface area contributed by atoms with Gasteiger partial charge in [-0.2, -0.15) is 0 Å². The molecule has 0 aliphatic carbocycles. The first-order chi connectivity index (χ1) is 15.7. The van der Waals surface area contributed by atoms with E-state index in [0.29, 0.717) is 0 Å². The molecule has 0 N–H and O–H groups in total. The van der Waals surface area contributed by atoms with Gasteiger partial charge >= 0.3 is 0 Å². The topological polar surface area (TPSA) is 57.0 Å². The molecule has 0 spiro atoms. The number of benzene rings is 2. The van der Waals surface area contributed by atoms with E-state index < -0.39 is 0 Å². The Hall–Kier alpha value is -3.51. The first kappa shape index (κ1) is 20.4. The number of hydrogen-bond donors (Lipinski definition) is 0. The highest BCUT2D eigenvalue weighted by atomic mass is 16.5. The molecule has 0 bridgehead atoms. The second-order valence-electron chi connectivity index (χ2n) is 8.01. The van der Waals surface area contributed by atoms with Crippen molar-refractivity contribution in [3.05, 3.63) is 71.5 Å². The molecule has 5 rings (SSSR count). The van der Waals surface area contributed by atoms with Gasteiger partial charge in [0, 0.05) is 43.0 Å². The van der Waals surface area contributed by atoms with E-state index in [-0.39, 0.29) is 0 Å². The second-order valence-corrected chi connectivity index (χ2v) is 8.01. The Labute approximate surface area is 187 Å². The summed E-state index contributed by atoms with van der Waals surface area (Å²) >= 11 is 0. The molecule has 1 aliphatic rings. The van der Waals surface area contributed by atoms with Crippen molar-refractivity contribution in [3.63, 3.8) is 0 Å². The van der Waals surface area contributed by atoms with Crippen LogP contribution < -0.4 is 14.2 Å². The number of ether oxygens (including phenoxy) is 3. The van der Waals surface area contributed by atoms with Gasteiger partial charge in [0.15, 0.2) is 22.8 Å². The summed E-state index contributed by atoms with van der Waals surface area (Å²) in [5.41, 5.74) is 5.50. The molecule has 0 unspecified atom stereocenters. The van der Waals surface area contributed by atoms with Gasteiger partial charge in [0.05, 0.1) is 21.3 Å². The third kappa shape index (κ3) is 3.78. The number of furan rings is 1. The average Bonchev–Trinajstić information content (AvgIpc) is 3.27. The predicted molar refractivity (Wildman–Crippen MR) is 123 cm³/mol. The zero-order valence-electron chi connectivity index (χ0n) is 18.6. The van der Waals surface area contributed by atoms with Crippen LogP contribution in [0.5, 0.6) is 17.2 Å². The van der Waals surface area contributed by atoms with E-state index >= 15 is 0 Å². The largest absolute Gasteiger partial charge is 0.493 e. The highest BCUT2D eigenvalue weighted by molar-refractivity contribution is 5.88. The zero-order valence-corrected chi connectivity index (χ0v) is 18.6. The van der Waals surface area contributed by atoms with E-state index in [0.717, 1.165) is 65.6 Å². The zero-order chi connectivity index (χ0) is 22.1. The van der Waals surface area contributed by atoms with Gasteiger partial charge < -0.3 is 18.6 Å². The van der Waals surface area contributed by atoms with E-state index in [2.05, 4.69) is 40.2 Å². The number of fused-ring (bicyclic) bond motifs is 2. The highest BCUT2D eigenvalue weighted by Crippen LogP contribution is 2.36. The van der Waals surface area contributed by atoms with Crippen LogP contribution in [0.4, 0.5) is 0 Å². The summed E-state index contributed by atoms with van der Waals surface area (Å²) in [5, 5.41) is 1.03. The molecule has 164 valence electrons. The quantitative estimate of drug-likeness (QED) is 0.425. The standard InChI is InChI=1S/C26H26N2O4/c1-29-23-11-18-6-8-28(16-21(18)13-24(23)30-2)15-17-9-20-12-22(19-5-4-7-27-14-19)32-26(20)25(10-17)31-3/h4-5,7,9-14H,6,8,15-16H2,1-3H3. The average molecular weight is 431 g/mol. The van der Waals surface area contributed by atoms with E-state index in [9.17, 15) is 0 Å². The third-order valence-electron chi connectivity index (χ3n) is 6.01. The maximum absolute atomic E-state index is 6.11. The number of nitrogens with zero attached hydrogens (tertiary/aromatic N) is 2. The Bertz CT molecular complexity index is 1250. The Kier molecular flexibility index (Phi) is 5.45. The molecule has 0 atom stereocenters. The molecule has 0 saturated carbocycles. The fraction of sp³-hybridized carbons (Fsp3) is 0.269. The summed E-state index contributed by atoms with van der Waals surface area (Å²) in [6.07, 6.45) is 4.54. The van der Waals surface area contributed by atoms with Crippen molar-refractivity contribution in [3.8, 4) is 28.6 Å². The van der Waals surface area contributed by atoms with Crippen molar-refractivity contribution in [2.45, 2.75) is 19.5 Å². The summed E-state index contributed by atoms with van der Waals surface area (Å²) in [6, 6.07) is 14.4. The molecule has 4 aromatic rings. The van der Waals surface area contributed by atoms with Gasteiger partial charge in [0.25, 0.3) is 0 Å². The lowest BCUT2D eigenvalue weighted by molar-refractivity contribution is 0.244. The van der Waals surface area contributed by atoms with Gasteiger partial charge in [0.2, 0.25) is 0 Å². The summed E-state index contributed by atoms with van der Waals surface area (Å²) in [4.78, 5) is 6.64. The highest BCUT2D eigenvalue weighted by Gasteiger charge is 2.21. The fourth-order valence-electron chi connectivity index (χ4n) is 4.41. The van der Waals surface area contributed by atoms with E-state index in [1.807, 2.05) is 12.1 Å². The number of methoxy groups -OCH3 is 3. The molecule has 0 radical (unpaired) electrons. The normalized spacial score (nSPS) is 13.7. The summed E-state index contributed by atoms with van der Waals surface area (Å²) in [6.45, 7) is 2.67.